The van der Waals surface area contributed by atoms with Gasteiger partial charge in [-0.05, 0) is 43.2 Å². The molecule has 5 heteroatoms. The fraction of sp³-hybridized carbons (Fsp3) is 0.556. The van der Waals surface area contributed by atoms with E-state index >= 15 is 0 Å². The molecule has 2 aliphatic rings. The molecule has 0 aromatic heterocycles. The fourth-order valence-corrected chi connectivity index (χ4v) is 3.68. The van der Waals surface area contributed by atoms with Gasteiger partial charge in [-0.25, -0.2) is 0 Å². The second-order valence-corrected chi connectivity index (χ2v) is 6.62. The number of rotatable bonds is 4. The molecule has 0 radical (unpaired) electrons. The van der Waals surface area contributed by atoms with Crippen LogP contribution in [0.3, 0.4) is 0 Å². The van der Waals surface area contributed by atoms with Crippen molar-refractivity contribution in [3.05, 3.63) is 35.4 Å². The average Bonchev–Trinajstić information content (AvgIpc) is 2.60. The zero-order valence-electron chi connectivity index (χ0n) is 13.3. The minimum atomic E-state index is -0.665. The van der Waals surface area contributed by atoms with E-state index < -0.39 is 5.41 Å². The Kier molecular flexibility index (Phi) is 4.66. The predicted octanol–water partition coefficient (Wildman–Crippen LogP) is 1.50. The summed E-state index contributed by atoms with van der Waals surface area (Å²) in [6.45, 7) is 1.35. The van der Waals surface area contributed by atoms with E-state index in [1.54, 1.807) is 0 Å². The smallest absolute Gasteiger partial charge is 0.227 e. The molecule has 3 N–H and O–H groups in total. The van der Waals surface area contributed by atoms with E-state index in [0.717, 1.165) is 24.8 Å². The maximum absolute atomic E-state index is 12.7. The highest BCUT2D eigenvalue weighted by Gasteiger charge is 2.39. The van der Waals surface area contributed by atoms with Crippen LogP contribution in [-0.2, 0) is 20.7 Å². The van der Waals surface area contributed by atoms with Gasteiger partial charge in [-0.3, -0.25) is 9.59 Å². The maximum Gasteiger partial charge on any atom is 0.227 e. The number of ether oxygens (including phenoxy) is 1. The molecule has 0 saturated carbocycles. The molecular formula is C18H24N2O3. The highest BCUT2D eigenvalue weighted by atomic mass is 16.5. The van der Waals surface area contributed by atoms with Gasteiger partial charge in [-0.1, -0.05) is 24.3 Å². The molecule has 1 atom stereocenters. The fourth-order valence-electron chi connectivity index (χ4n) is 3.68. The monoisotopic (exact) mass is 316 g/mol. The summed E-state index contributed by atoms with van der Waals surface area (Å²) in [6, 6.07) is 8.13. The number of aryl methyl sites for hydroxylation is 1. The molecule has 0 bridgehead atoms. The molecule has 1 aromatic rings. The first-order chi connectivity index (χ1) is 11.1. The third-order valence-corrected chi connectivity index (χ3v) is 5.26. The summed E-state index contributed by atoms with van der Waals surface area (Å²) in [6.07, 6.45) is 4.05. The molecule has 3 rings (SSSR count). The predicted molar refractivity (Wildman–Crippen MR) is 86.8 cm³/mol. The van der Waals surface area contributed by atoms with Crippen LogP contribution < -0.4 is 11.1 Å². The van der Waals surface area contributed by atoms with Gasteiger partial charge in [-0.2, -0.15) is 0 Å². The Morgan fingerprint density at radius 2 is 2.00 bits per heavy atom. The SMILES string of the molecule is NC(=O)C1(CNC(=O)C2CCCc3ccccc32)CCOCC1. The number of carbonyl (C=O) groups excluding carboxylic acids is 2. The Labute approximate surface area is 136 Å². The molecule has 5 nitrogen and oxygen atoms in total. The van der Waals surface area contributed by atoms with Crippen LogP contribution in [0.25, 0.3) is 0 Å². The maximum atomic E-state index is 12.7. The number of benzene rings is 1. The summed E-state index contributed by atoms with van der Waals surface area (Å²) in [4.78, 5) is 24.6. The summed E-state index contributed by atoms with van der Waals surface area (Å²) in [7, 11) is 0. The first-order valence-corrected chi connectivity index (χ1v) is 8.35. The first kappa shape index (κ1) is 16.0. The number of primary amides is 1. The topological polar surface area (TPSA) is 81.4 Å². The van der Waals surface area contributed by atoms with Gasteiger partial charge in [0.2, 0.25) is 11.8 Å². The Hall–Kier alpha value is -1.88. The van der Waals surface area contributed by atoms with Gasteiger partial charge in [0, 0.05) is 19.8 Å². The van der Waals surface area contributed by atoms with Gasteiger partial charge in [0.25, 0.3) is 0 Å². The third-order valence-electron chi connectivity index (χ3n) is 5.26. The molecule has 0 spiro atoms. The molecule has 1 saturated heterocycles. The minimum Gasteiger partial charge on any atom is -0.381 e. The summed E-state index contributed by atoms with van der Waals surface area (Å²) in [5, 5.41) is 2.99. The van der Waals surface area contributed by atoms with E-state index in [-0.39, 0.29) is 17.7 Å². The molecular weight excluding hydrogens is 292 g/mol. The Balaban J connectivity index is 1.69. The number of amides is 2. The third kappa shape index (κ3) is 3.24. The number of hydrogen-bond donors (Lipinski definition) is 2. The molecule has 1 fully saturated rings. The van der Waals surface area contributed by atoms with Gasteiger partial charge in [0.1, 0.15) is 0 Å². The summed E-state index contributed by atoms with van der Waals surface area (Å²) < 4.78 is 5.32. The van der Waals surface area contributed by atoms with E-state index in [4.69, 9.17) is 10.5 Å². The highest BCUT2D eigenvalue weighted by Crippen LogP contribution is 2.33. The molecule has 1 heterocycles. The number of nitrogens with one attached hydrogen (secondary N) is 1. The van der Waals surface area contributed by atoms with E-state index in [1.807, 2.05) is 18.2 Å². The van der Waals surface area contributed by atoms with Crippen molar-refractivity contribution >= 4 is 11.8 Å². The van der Waals surface area contributed by atoms with E-state index in [2.05, 4.69) is 11.4 Å². The highest BCUT2D eigenvalue weighted by molar-refractivity contribution is 5.86. The Bertz CT molecular complexity index is 594. The van der Waals surface area contributed by atoms with Crippen LogP contribution in [0, 0.1) is 5.41 Å². The summed E-state index contributed by atoms with van der Waals surface area (Å²) in [5.74, 6) is -0.459. The van der Waals surface area contributed by atoms with Crippen molar-refractivity contribution in [1.29, 1.82) is 0 Å². The Morgan fingerprint density at radius 3 is 2.74 bits per heavy atom. The lowest BCUT2D eigenvalue weighted by atomic mass is 9.78. The second kappa shape index (κ2) is 6.71. The quantitative estimate of drug-likeness (QED) is 0.883. The normalized spacial score (nSPS) is 22.9. The lowest BCUT2D eigenvalue weighted by Gasteiger charge is -2.35. The van der Waals surface area contributed by atoms with Crippen molar-refractivity contribution < 1.29 is 14.3 Å². The molecule has 2 amide bonds. The van der Waals surface area contributed by atoms with Crippen molar-refractivity contribution in [2.45, 2.75) is 38.0 Å². The standard InChI is InChI=1S/C18H24N2O3/c19-17(22)18(8-10-23-11-9-18)12-20-16(21)15-7-3-5-13-4-1-2-6-14(13)15/h1-2,4,6,15H,3,5,7-12H2,(H2,19,22)(H,20,21). The van der Waals surface area contributed by atoms with Crippen molar-refractivity contribution in [3.63, 3.8) is 0 Å². The van der Waals surface area contributed by atoms with E-state index in [1.165, 1.54) is 5.56 Å². The van der Waals surface area contributed by atoms with E-state index in [0.29, 0.717) is 32.6 Å². The Morgan fingerprint density at radius 1 is 1.26 bits per heavy atom. The van der Waals surface area contributed by atoms with Crippen LogP contribution >= 0.6 is 0 Å². The summed E-state index contributed by atoms with van der Waals surface area (Å²) >= 11 is 0. The molecule has 124 valence electrons. The molecule has 1 aliphatic carbocycles. The number of fused-ring (bicyclic) bond motifs is 1. The lowest BCUT2D eigenvalue weighted by molar-refractivity contribution is -0.134. The molecule has 1 unspecified atom stereocenters. The van der Waals surface area contributed by atoms with Crippen LogP contribution in [0.4, 0.5) is 0 Å². The number of hydrogen-bond acceptors (Lipinski definition) is 3. The van der Waals surface area contributed by atoms with Crippen LogP contribution in [0.5, 0.6) is 0 Å². The van der Waals surface area contributed by atoms with Gasteiger partial charge < -0.3 is 15.8 Å². The molecule has 23 heavy (non-hydrogen) atoms. The number of nitrogens with two attached hydrogens (primary N) is 1. The molecule has 1 aliphatic heterocycles. The van der Waals surface area contributed by atoms with Gasteiger partial charge in [0.05, 0.1) is 11.3 Å². The zero-order chi connectivity index (χ0) is 16.3. The average molecular weight is 316 g/mol. The lowest BCUT2D eigenvalue weighted by Crippen LogP contribution is -2.50. The van der Waals surface area contributed by atoms with Gasteiger partial charge >= 0.3 is 0 Å². The second-order valence-electron chi connectivity index (χ2n) is 6.62. The van der Waals surface area contributed by atoms with Crippen LogP contribution in [0.15, 0.2) is 24.3 Å². The zero-order valence-corrected chi connectivity index (χ0v) is 13.3. The van der Waals surface area contributed by atoms with Crippen molar-refractivity contribution in [1.82, 2.24) is 5.32 Å². The van der Waals surface area contributed by atoms with Gasteiger partial charge in [-0.15, -0.1) is 0 Å². The van der Waals surface area contributed by atoms with E-state index in [9.17, 15) is 9.59 Å². The first-order valence-electron chi connectivity index (χ1n) is 8.35. The van der Waals surface area contributed by atoms with Crippen LogP contribution in [0.2, 0.25) is 0 Å². The van der Waals surface area contributed by atoms with Crippen LogP contribution in [0.1, 0.15) is 42.7 Å². The largest absolute Gasteiger partial charge is 0.381 e. The number of carbonyl (C=O) groups is 2. The minimum absolute atomic E-state index is 0.00395. The van der Waals surface area contributed by atoms with Crippen molar-refractivity contribution in [2.24, 2.45) is 11.1 Å². The summed E-state index contributed by atoms with van der Waals surface area (Å²) in [5.41, 5.74) is 7.31. The van der Waals surface area contributed by atoms with Gasteiger partial charge in [0.15, 0.2) is 0 Å². The van der Waals surface area contributed by atoms with Crippen LogP contribution in [-0.4, -0.2) is 31.6 Å². The van der Waals surface area contributed by atoms with Crippen molar-refractivity contribution in [2.75, 3.05) is 19.8 Å². The molecule has 1 aromatic carbocycles. The van der Waals surface area contributed by atoms with Crippen molar-refractivity contribution in [3.8, 4) is 0 Å².